The summed E-state index contributed by atoms with van der Waals surface area (Å²) in [5.41, 5.74) is -0.0693. The van der Waals surface area contributed by atoms with Crippen LogP contribution in [0.4, 0.5) is 29.3 Å². The summed E-state index contributed by atoms with van der Waals surface area (Å²) in [7, 11) is 0. The van der Waals surface area contributed by atoms with E-state index >= 15 is 0 Å². The number of hydrogen-bond donors (Lipinski definition) is 3. The van der Waals surface area contributed by atoms with Gasteiger partial charge < -0.3 is 10.6 Å². The van der Waals surface area contributed by atoms with E-state index in [1.54, 1.807) is 13.8 Å². The number of carbonyl (C=O) groups excluding carboxylic acids is 1. The molecule has 0 radical (unpaired) electrons. The molecule has 6 nitrogen and oxygen atoms in total. The maximum absolute atomic E-state index is 12.9. The van der Waals surface area contributed by atoms with Gasteiger partial charge in [-0.25, -0.2) is 4.79 Å². The predicted octanol–water partition coefficient (Wildman–Crippen LogP) is 3.56. The maximum Gasteiger partial charge on any atom is 0.417 e. The number of benzene rings is 1. The number of carbonyl (C=O) groups is 1. The summed E-state index contributed by atoms with van der Waals surface area (Å²) < 4.78 is 38.6. The van der Waals surface area contributed by atoms with Crippen molar-refractivity contribution in [1.82, 2.24) is 10.2 Å². The number of nitrogens with one attached hydrogen (secondary N) is 3. The Kier molecular flexibility index (Phi) is 4.27. The quantitative estimate of drug-likeness (QED) is 0.789. The number of urea groups is 1. The molecular weight excluding hydrogens is 311 g/mol. The molecule has 9 heteroatoms. The maximum atomic E-state index is 12.9. The van der Waals surface area contributed by atoms with E-state index in [0.717, 1.165) is 6.07 Å². The Labute approximate surface area is 129 Å². The molecule has 0 atom stereocenters. The molecule has 0 unspecified atom stereocenters. The molecular formula is C14H12F3N5O. The topological polar surface area (TPSA) is 93.6 Å². The summed E-state index contributed by atoms with van der Waals surface area (Å²) in [6, 6.07) is 3.71. The molecule has 0 aliphatic heterocycles. The lowest BCUT2D eigenvalue weighted by Gasteiger charge is -2.12. The number of hydrogen-bond acceptors (Lipinski definition) is 3. The van der Waals surface area contributed by atoms with E-state index < -0.39 is 23.3 Å². The molecule has 0 aliphatic rings. The molecule has 2 aromatic rings. The van der Waals surface area contributed by atoms with Gasteiger partial charge >= 0.3 is 12.2 Å². The van der Waals surface area contributed by atoms with Gasteiger partial charge in [-0.3, -0.25) is 5.10 Å². The first-order chi connectivity index (χ1) is 10.7. The van der Waals surface area contributed by atoms with Crippen molar-refractivity contribution in [2.45, 2.75) is 20.0 Å². The van der Waals surface area contributed by atoms with E-state index in [4.69, 9.17) is 5.26 Å². The molecule has 0 saturated heterocycles. The number of aryl methyl sites for hydroxylation is 2. The first-order valence-electron chi connectivity index (χ1n) is 6.43. The molecule has 0 aliphatic carbocycles. The van der Waals surface area contributed by atoms with Crippen LogP contribution >= 0.6 is 0 Å². The largest absolute Gasteiger partial charge is 0.417 e. The molecule has 0 spiro atoms. The zero-order valence-corrected chi connectivity index (χ0v) is 12.2. The molecule has 23 heavy (non-hydrogen) atoms. The minimum atomic E-state index is -4.68. The second kappa shape index (κ2) is 6.00. The van der Waals surface area contributed by atoms with E-state index in [0.29, 0.717) is 23.1 Å². The van der Waals surface area contributed by atoms with Crippen LogP contribution in [0.25, 0.3) is 0 Å². The first kappa shape index (κ1) is 16.4. The van der Waals surface area contributed by atoms with Gasteiger partial charge in [-0.1, -0.05) is 0 Å². The number of nitriles is 1. The lowest BCUT2D eigenvalue weighted by molar-refractivity contribution is -0.137. The molecule has 1 aromatic carbocycles. The fraction of sp³-hybridized carbons (Fsp3) is 0.214. The third-order valence-electron chi connectivity index (χ3n) is 3.07. The molecule has 120 valence electrons. The van der Waals surface area contributed by atoms with Gasteiger partial charge in [0.15, 0.2) is 0 Å². The number of anilines is 2. The molecule has 1 aromatic heterocycles. The van der Waals surface area contributed by atoms with E-state index in [9.17, 15) is 18.0 Å². The summed E-state index contributed by atoms with van der Waals surface area (Å²) in [6.45, 7) is 3.36. The molecule has 2 rings (SSSR count). The average molecular weight is 323 g/mol. The standard InChI is InChI=1S/C14H12F3N5O/c1-7-12(8(2)22-21-7)20-13(23)19-10-4-3-9(6-18)11(5-10)14(15,16)17/h3-5H,1-2H3,(H,21,22)(H2,19,20,23). The number of aromatic amines is 1. The summed E-state index contributed by atoms with van der Waals surface area (Å²) in [5.74, 6) is 0. The van der Waals surface area contributed by atoms with Gasteiger partial charge in [0, 0.05) is 5.69 Å². The molecule has 3 N–H and O–H groups in total. The van der Waals surface area contributed by atoms with Crippen molar-refractivity contribution >= 4 is 17.4 Å². The monoisotopic (exact) mass is 323 g/mol. The highest BCUT2D eigenvalue weighted by molar-refractivity contribution is 6.00. The second-order valence-electron chi connectivity index (χ2n) is 4.76. The van der Waals surface area contributed by atoms with Crippen LogP contribution in [0.3, 0.4) is 0 Å². The lowest BCUT2D eigenvalue weighted by atomic mass is 10.1. The highest BCUT2D eigenvalue weighted by atomic mass is 19.4. The minimum Gasteiger partial charge on any atom is -0.308 e. The Hall–Kier alpha value is -3.02. The minimum absolute atomic E-state index is 0.0763. The van der Waals surface area contributed by atoms with Crippen molar-refractivity contribution in [3.05, 3.63) is 40.7 Å². The van der Waals surface area contributed by atoms with Crippen LogP contribution in [-0.2, 0) is 6.18 Å². The van der Waals surface area contributed by atoms with Crippen molar-refractivity contribution < 1.29 is 18.0 Å². The van der Waals surface area contributed by atoms with Gasteiger partial charge in [-0.15, -0.1) is 0 Å². The van der Waals surface area contributed by atoms with Crippen LogP contribution in [0, 0.1) is 25.2 Å². The zero-order chi connectivity index (χ0) is 17.2. The molecule has 2 amide bonds. The number of alkyl halides is 3. The third kappa shape index (κ3) is 3.60. The van der Waals surface area contributed by atoms with Gasteiger partial charge in [0.05, 0.1) is 34.3 Å². The van der Waals surface area contributed by atoms with Crippen LogP contribution in [0.1, 0.15) is 22.5 Å². The number of nitrogens with zero attached hydrogens (tertiary/aromatic N) is 2. The molecule has 1 heterocycles. The number of halogens is 3. The van der Waals surface area contributed by atoms with Crippen molar-refractivity contribution in [2.75, 3.05) is 10.6 Å². The highest BCUT2D eigenvalue weighted by Crippen LogP contribution is 2.33. The van der Waals surface area contributed by atoms with Crippen molar-refractivity contribution in [1.29, 1.82) is 5.26 Å². The molecule has 0 fully saturated rings. The smallest absolute Gasteiger partial charge is 0.308 e. The summed E-state index contributed by atoms with van der Waals surface area (Å²) in [6.07, 6.45) is -4.68. The molecule has 0 bridgehead atoms. The van der Waals surface area contributed by atoms with E-state index in [2.05, 4.69) is 20.8 Å². The van der Waals surface area contributed by atoms with Crippen LogP contribution in [-0.4, -0.2) is 16.2 Å². The number of aromatic nitrogens is 2. The lowest BCUT2D eigenvalue weighted by Crippen LogP contribution is -2.20. The van der Waals surface area contributed by atoms with E-state index in [-0.39, 0.29) is 5.69 Å². The van der Waals surface area contributed by atoms with Gasteiger partial charge in [0.2, 0.25) is 0 Å². The fourth-order valence-electron chi connectivity index (χ4n) is 1.96. The Morgan fingerprint density at radius 1 is 1.30 bits per heavy atom. The van der Waals surface area contributed by atoms with Gasteiger partial charge in [-0.2, -0.15) is 23.5 Å². The van der Waals surface area contributed by atoms with Crippen LogP contribution in [0.2, 0.25) is 0 Å². The Morgan fingerprint density at radius 3 is 2.52 bits per heavy atom. The third-order valence-corrected chi connectivity index (χ3v) is 3.07. The summed E-state index contributed by atoms with van der Waals surface area (Å²) in [4.78, 5) is 11.9. The number of rotatable bonds is 2. The number of H-pyrrole nitrogens is 1. The van der Waals surface area contributed by atoms with Crippen LogP contribution < -0.4 is 10.6 Å². The normalized spacial score (nSPS) is 11.0. The van der Waals surface area contributed by atoms with E-state index in [1.165, 1.54) is 12.1 Å². The first-order valence-corrected chi connectivity index (χ1v) is 6.43. The molecule has 0 saturated carbocycles. The zero-order valence-electron chi connectivity index (χ0n) is 12.2. The van der Waals surface area contributed by atoms with Gasteiger partial charge in [0.1, 0.15) is 0 Å². The van der Waals surface area contributed by atoms with Crippen LogP contribution in [0.15, 0.2) is 18.2 Å². The van der Waals surface area contributed by atoms with Gasteiger partial charge in [0.25, 0.3) is 0 Å². The Balaban J connectivity index is 2.21. The fourth-order valence-corrected chi connectivity index (χ4v) is 1.96. The number of amides is 2. The Morgan fingerprint density at radius 2 is 2.00 bits per heavy atom. The van der Waals surface area contributed by atoms with Crippen molar-refractivity contribution in [3.63, 3.8) is 0 Å². The van der Waals surface area contributed by atoms with E-state index in [1.807, 2.05) is 0 Å². The Bertz CT molecular complexity index is 769. The summed E-state index contributed by atoms with van der Waals surface area (Å²) >= 11 is 0. The van der Waals surface area contributed by atoms with Gasteiger partial charge in [-0.05, 0) is 32.0 Å². The second-order valence-corrected chi connectivity index (χ2v) is 4.76. The summed E-state index contributed by atoms with van der Waals surface area (Å²) in [5, 5.41) is 20.1. The predicted molar refractivity (Wildman–Crippen MR) is 76.9 cm³/mol. The van der Waals surface area contributed by atoms with Crippen LogP contribution in [0.5, 0.6) is 0 Å². The highest BCUT2D eigenvalue weighted by Gasteiger charge is 2.34. The SMILES string of the molecule is Cc1n[nH]c(C)c1NC(=O)Nc1ccc(C#N)c(C(F)(F)F)c1. The average Bonchev–Trinajstić information content (AvgIpc) is 2.78. The van der Waals surface area contributed by atoms with Crippen molar-refractivity contribution in [3.8, 4) is 6.07 Å². The van der Waals surface area contributed by atoms with Crippen molar-refractivity contribution in [2.24, 2.45) is 0 Å².